The van der Waals surface area contributed by atoms with Crippen molar-refractivity contribution in [2.24, 2.45) is 5.92 Å². The lowest BCUT2D eigenvalue weighted by molar-refractivity contribution is 0.0903. The number of rotatable bonds is 4. The molecule has 3 aliphatic heterocycles. The van der Waals surface area contributed by atoms with Crippen molar-refractivity contribution < 1.29 is 4.74 Å². The average Bonchev–Trinajstić information content (AvgIpc) is 3.43. The molecule has 0 amide bonds. The lowest BCUT2D eigenvalue weighted by atomic mass is 9.86. The lowest BCUT2D eigenvalue weighted by Crippen LogP contribution is -2.29. The van der Waals surface area contributed by atoms with Crippen LogP contribution in [0.25, 0.3) is 16.9 Å². The molecule has 2 N–H and O–H groups in total. The maximum Gasteiger partial charge on any atom is 0.243 e. The predicted octanol–water partition coefficient (Wildman–Crippen LogP) is 1.70. The molecule has 6 heterocycles. The van der Waals surface area contributed by atoms with Gasteiger partial charge in [-0.2, -0.15) is 14.6 Å². The molecule has 3 aromatic heterocycles. The molecule has 7 rings (SSSR count). The summed E-state index contributed by atoms with van der Waals surface area (Å²) in [5, 5.41) is 15.1. The maximum atomic E-state index is 5.44. The molecule has 2 bridgehead atoms. The van der Waals surface area contributed by atoms with E-state index in [0.29, 0.717) is 18.0 Å². The van der Waals surface area contributed by atoms with Crippen LogP contribution in [0, 0.1) is 5.92 Å². The van der Waals surface area contributed by atoms with E-state index in [0.717, 1.165) is 61.1 Å². The molecule has 4 aliphatic rings. The van der Waals surface area contributed by atoms with Crippen LogP contribution in [0.3, 0.4) is 0 Å². The zero-order chi connectivity index (χ0) is 17.8. The molecule has 9 nitrogen and oxygen atoms in total. The third kappa shape index (κ3) is 2.48. The summed E-state index contributed by atoms with van der Waals surface area (Å²) in [5.41, 5.74) is 3.85. The molecule has 0 unspecified atom stereocenters. The van der Waals surface area contributed by atoms with Crippen molar-refractivity contribution in [2.75, 3.05) is 30.0 Å². The number of H-pyrrole nitrogens is 1. The van der Waals surface area contributed by atoms with E-state index >= 15 is 0 Å². The normalized spacial score (nSPS) is 25.1. The van der Waals surface area contributed by atoms with Crippen molar-refractivity contribution in [1.82, 2.24) is 29.8 Å². The van der Waals surface area contributed by atoms with E-state index in [1.165, 1.54) is 12.8 Å². The van der Waals surface area contributed by atoms with Gasteiger partial charge in [0.15, 0.2) is 5.65 Å². The Morgan fingerprint density at radius 3 is 2.85 bits per heavy atom. The van der Waals surface area contributed by atoms with Crippen molar-refractivity contribution >= 4 is 17.3 Å². The topological polar surface area (TPSA) is 96.3 Å². The minimum absolute atomic E-state index is 0.362. The quantitative estimate of drug-likeness (QED) is 0.725. The number of aromatic nitrogens is 6. The number of hydrogen-bond donors (Lipinski definition) is 2. The van der Waals surface area contributed by atoms with Gasteiger partial charge in [0, 0.05) is 43.6 Å². The number of nitrogens with one attached hydrogen (secondary N) is 2. The van der Waals surface area contributed by atoms with Crippen LogP contribution in [0.15, 0.2) is 18.7 Å². The zero-order valence-electron chi connectivity index (χ0n) is 15.0. The minimum atomic E-state index is 0.362. The summed E-state index contributed by atoms with van der Waals surface area (Å²) in [5.74, 6) is 1.47. The molecule has 3 saturated heterocycles. The molecule has 140 valence electrons. The summed E-state index contributed by atoms with van der Waals surface area (Å²) in [6.45, 7) is 2.66. The van der Waals surface area contributed by atoms with Crippen LogP contribution in [0.2, 0.25) is 0 Å². The second kappa shape index (κ2) is 5.91. The molecule has 27 heavy (non-hydrogen) atoms. The summed E-state index contributed by atoms with van der Waals surface area (Å²) in [4.78, 5) is 12.1. The smallest absolute Gasteiger partial charge is 0.243 e. The first-order valence-corrected chi connectivity index (χ1v) is 9.70. The van der Waals surface area contributed by atoms with Crippen molar-refractivity contribution in [3.05, 3.63) is 18.7 Å². The van der Waals surface area contributed by atoms with Crippen molar-refractivity contribution in [2.45, 2.75) is 37.8 Å². The van der Waals surface area contributed by atoms with Gasteiger partial charge in [-0.3, -0.25) is 5.10 Å². The first kappa shape index (κ1) is 15.4. The Morgan fingerprint density at radius 2 is 2.11 bits per heavy atom. The summed E-state index contributed by atoms with van der Waals surface area (Å²) >= 11 is 0. The Bertz CT molecular complexity index is 955. The molecule has 9 heteroatoms. The van der Waals surface area contributed by atoms with E-state index in [1.807, 2.05) is 12.4 Å². The molecule has 0 radical (unpaired) electrons. The summed E-state index contributed by atoms with van der Waals surface area (Å²) in [7, 11) is 0. The van der Waals surface area contributed by atoms with E-state index < -0.39 is 0 Å². The Balaban J connectivity index is 1.44. The number of aromatic amines is 1. The second-order valence-electron chi connectivity index (χ2n) is 7.81. The van der Waals surface area contributed by atoms with Crippen LogP contribution < -0.4 is 10.2 Å². The predicted molar refractivity (Wildman–Crippen MR) is 99.7 cm³/mol. The maximum absolute atomic E-state index is 5.44. The molecule has 0 spiro atoms. The molecular formula is C18H22N8O. The summed E-state index contributed by atoms with van der Waals surface area (Å²) in [6, 6.07) is 0.956. The number of anilines is 2. The van der Waals surface area contributed by atoms with Crippen molar-refractivity contribution in [3.63, 3.8) is 0 Å². The van der Waals surface area contributed by atoms with Gasteiger partial charge in [0.25, 0.3) is 0 Å². The Hall–Kier alpha value is -2.68. The Morgan fingerprint density at radius 1 is 1.22 bits per heavy atom. The molecule has 0 aromatic carbocycles. The number of hydrogen-bond acceptors (Lipinski definition) is 7. The fraction of sp³-hybridized carbons (Fsp3) is 0.556. The highest BCUT2D eigenvalue weighted by Crippen LogP contribution is 2.46. The van der Waals surface area contributed by atoms with E-state index in [2.05, 4.69) is 25.5 Å². The van der Waals surface area contributed by atoms with Gasteiger partial charge in [-0.25, -0.2) is 4.98 Å². The summed E-state index contributed by atoms with van der Waals surface area (Å²) < 4.78 is 7.25. The molecule has 1 saturated carbocycles. The number of nitrogens with zero attached hydrogens (tertiary/aromatic N) is 6. The Labute approximate surface area is 156 Å². The van der Waals surface area contributed by atoms with Crippen molar-refractivity contribution in [1.29, 1.82) is 0 Å². The lowest BCUT2D eigenvalue weighted by Gasteiger charge is -2.28. The standard InChI is InChI=1S/C18H22N8O/c1-3-27-4-2-13(1)22-18-23-17-16(25-9-11-5-14(25)6-11)15(12-7-20-21-8-12)19-10-26(17)24-18/h7-8,10-11,13-14H,1-6,9H2,(H,20,21)(H,22,24). The van der Waals surface area contributed by atoms with Gasteiger partial charge in [0.2, 0.25) is 5.95 Å². The molecular weight excluding hydrogens is 344 g/mol. The van der Waals surface area contributed by atoms with Gasteiger partial charge in [-0.05, 0) is 31.6 Å². The molecule has 1 aliphatic carbocycles. The van der Waals surface area contributed by atoms with Gasteiger partial charge < -0.3 is 15.0 Å². The van der Waals surface area contributed by atoms with Gasteiger partial charge in [-0.15, -0.1) is 5.10 Å². The molecule has 0 atom stereocenters. The van der Waals surface area contributed by atoms with Crippen molar-refractivity contribution in [3.8, 4) is 11.3 Å². The average molecular weight is 366 g/mol. The fourth-order valence-corrected chi connectivity index (χ4v) is 4.59. The SMILES string of the molecule is c1n[nH]cc1-c1ncn2nc(NC3CCOCC3)nc2c1N1CC2CC1C2. The van der Waals surface area contributed by atoms with Crippen LogP contribution >= 0.6 is 0 Å². The van der Waals surface area contributed by atoms with Gasteiger partial charge in [0.1, 0.15) is 17.7 Å². The van der Waals surface area contributed by atoms with Crippen LogP contribution in [-0.2, 0) is 4.74 Å². The zero-order valence-corrected chi connectivity index (χ0v) is 15.0. The minimum Gasteiger partial charge on any atom is -0.381 e. The summed E-state index contributed by atoms with van der Waals surface area (Å²) in [6.07, 6.45) is 9.97. The number of ether oxygens (including phenoxy) is 1. The van der Waals surface area contributed by atoms with Crippen LogP contribution in [-0.4, -0.2) is 61.6 Å². The van der Waals surface area contributed by atoms with Gasteiger partial charge >= 0.3 is 0 Å². The Kier molecular flexibility index (Phi) is 3.37. The first-order chi connectivity index (χ1) is 13.3. The van der Waals surface area contributed by atoms with E-state index in [1.54, 1.807) is 10.8 Å². The highest BCUT2D eigenvalue weighted by atomic mass is 16.5. The third-order valence-electron chi connectivity index (χ3n) is 6.08. The number of fused-ring (bicyclic) bond motifs is 2. The van der Waals surface area contributed by atoms with E-state index in [9.17, 15) is 0 Å². The van der Waals surface area contributed by atoms with E-state index in [4.69, 9.17) is 14.7 Å². The highest BCUT2D eigenvalue weighted by Gasteiger charge is 2.44. The molecule has 3 aromatic rings. The monoisotopic (exact) mass is 366 g/mol. The van der Waals surface area contributed by atoms with Crippen LogP contribution in [0.4, 0.5) is 11.6 Å². The van der Waals surface area contributed by atoms with Gasteiger partial charge in [-0.1, -0.05) is 0 Å². The van der Waals surface area contributed by atoms with E-state index in [-0.39, 0.29) is 0 Å². The largest absolute Gasteiger partial charge is 0.381 e. The fourth-order valence-electron chi connectivity index (χ4n) is 4.59. The van der Waals surface area contributed by atoms with Gasteiger partial charge in [0.05, 0.1) is 6.20 Å². The van der Waals surface area contributed by atoms with Crippen LogP contribution in [0.5, 0.6) is 0 Å². The second-order valence-corrected chi connectivity index (χ2v) is 7.81. The first-order valence-electron chi connectivity index (χ1n) is 9.70. The van der Waals surface area contributed by atoms with Crippen LogP contribution in [0.1, 0.15) is 25.7 Å². The third-order valence-corrected chi connectivity index (χ3v) is 6.08. The molecule has 4 fully saturated rings. The highest BCUT2D eigenvalue weighted by molar-refractivity contribution is 5.85.